The maximum Gasteiger partial charge on any atom is 0.272 e. The summed E-state index contributed by atoms with van der Waals surface area (Å²) in [5, 5.41) is 5.90. The number of halogens is 1. The van der Waals surface area contributed by atoms with Gasteiger partial charge in [0.05, 0.1) is 16.2 Å². The number of unbranched alkanes of at least 4 members (excludes halogenated alkanes) is 2. The van der Waals surface area contributed by atoms with Gasteiger partial charge in [0, 0.05) is 37.5 Å². The highest BCUT2D eigenvalue weighted by molar-refractivity contribution is 7.98. The van der Waals surface area contributed by atoms with Gasteiger partial charge in [-0.1, -0.05) is 60.1 Å². The first-order valence-corrected chi connectivity index (χ1v) is 15.3. The van der Waals surface area contributed by atoms with Gasteiger partial charge in [0.2, 0.25) is 5.91 Å². The molecule has 40 heavy (non-hydrogen) atoms. The number of amides is 1. The topological polar surface area (TPSA) is 98.4 Å². The van der Waals surface area contributed by atoms with Gasteiger partial charge in [-0.25, -0.2) is 9.97 Å². The van der Waals surface area contributed by atoms with E-state index in [1.54, 1.807) is 22.9 Å². The van der Waals surface area contributed by atoms with E-state index in [0.29, 0.717) is 57.0 Å². The number of hydrogen-bond donors (Lipinski definition) is 1. The van der Waals surface area contributed by atoms with E-state index in [1.807, 2.05) is 29.6 Å². The highest BCUT2D eigenvalue weighted by Gasteiger charge is 2.14. The number of fused-ring (bicyclic) bond motifs is 2. The van der Waals surface area contributed by atoms with Crippen molar-refractivity contribution in [1.29, 1.82) is 0 Å². The number of nitrogens with zero attached hydrogens (tertiary/aromatic N) is 4. The van der Waals surface area contributed by atoms with E-state index in [0.717, 1.165) is 25.7 Å². The van der Waals surface area contributed by atoms with Crippen LogP contribution in [-0.4, -0.2) is 31.4 Å². The lowest BCUT2D eigenvalue weighted by atomic mass is 10.1. The van der Waals surface area contributed by atoms with Crippen molar-refractivity contribution in [3.8, 4) is 0 Å². The number of nitrogens with one attached hydrogen (secondary N) is 1. The van der Waals surface area contributed by atoms with Gasteiger partial charge in [-0.15, -0.1) is 11.3 Å². The molecule has 11 heteroatoms. The van der Waals surface area contributed by atoms with Crippen LogP contribution >= 0.6 is 34.7 Å². The van der Waals surface area contributed by atoms with E-state index in [2.05, 4.69) is 22.4 Å². The number of hydrogen-bond acceptors (Lipinski definition) is 7. The number of thiophene rings is 1. The lowest BCUT2D eigenvalue weighted by Gasteiger charge is -2.12. The van der Waals surface area contributed by atoms with E-state index < -0.39 is 0 Å². The number of carbonyl (C=O) groups is 1. The molecule has 4 heterocycles. The largest absolute Gasteiger partial charge is 0.356 e. The molecule has 0 unspecified atom stereocenters. The Kier molecular flexibility index (Phi) is 9.30. The van der Waals surface area contributed by atoms with Gasteiger partial charge in [-0.05, 0) is 48.4 Å². The monoisotopic (exact) mass is 593 g/mol. The Balaban J connectivity index is 1.18. The first kappa shape index (κ1) is 28.1. The lowest BCUT2D eigenvalue weighted by Crippen LogP contribution is -2.25. The molecule has 0 atom stereocenters. The second-order valence-corrected chi connectivity index (χ2v) is 11.6. The predicted molar refractivity (Wildman–Crippen MR) is 162 cm³/mol. The van der Waals surface area contributed by atoms with Gasteiger partial charge in [-0.3, -0.25) is 23.4 Å². The first-order chi connectivity index (χ1) is 19.5. The Morgan fingerprint density at radius 3 is 2.73 bits per heavy atom. The molecule has 206 valence electrons. The van der Waals surface area contributed by atoms with E-state index >= 15 is 0 Å². The Morgan fingerprint density at radius 2 is 1.88 bits per heavy atom. The molecular formula is C29H28ClN5O3S2. The van der Waals surface area contributed by atoms with E-state index in [-0.39, 0.29) is 17.0 Å². The molecule has 0 saturated carbocycles. The number of thioether (sulfide) groups is 1. The second kappa shape index (κ2) is 13.3. The SMILES string of the molecule is O=C(CCCCCn1c(SCc2cc(=O)n3cc(Cl)ccc3n2)nc2ccsc2c1=O)NCCc1ccccc1. The molecular weight excluding hydrogens is 566 g/mol. The van der Waals surface area contributed by atoms with Crippen molar-refractivity contribution in [2.45, 2.75) is 49.6 Å². The van der Waals surface area contributed by atoms with Crippen LogP contribution in [-0.2, 0) is 23.5 Å². The van der Waals surface area contributed by atoms with Gasteiger partial charge in [0.1, 0.15) is 10.3 Å². The van der Waals surface area contributed by atoms with Crippen molar-refractivity contribution in [2.24, 2.45) is 0 Å². The molecule has 0 aliphatic rings. The molecule has 1 amide bonds. The van der Waals surface area contributed by atoms with Gasteiger partial charge >= 0.3 is 0 Å². The van der Waals surface area contributed by atoms with Crippen LogP contribution in [0.5, 0.6) is 0 Å². The van der Waals surface area contributed by atoms with Crippen LogP contribution < -0.4 is 16.4 Å². The Bertz CT molecular complexity index is 1750. The fourth-order valence-corrected chi connectivity index (χ4v) is 6.24. The standard InChI is InChI=1S/C29H28ClN5O3S2/c30-21-10-11-24-32-22(17-26(37)35(24)18-21)19-40-29-33-23-13-16-39-27(23)28(38)34(29)15-6-2-5-9-25(36)31-14-12-20-7-3-1-4-8-20/h1,3-4,7-8,10-11,13,16-18H,2,5-6,9,12,14-15,19H2,(H,31,36). The summed E-state index contributed by atoms with van der Waals surface area (Å²) in [6.07, 6.45) is 5.13. The molecule has 0 spiro atoms. The molecule has 0 radical (unpaired) electrons. The van der Waals surface area contributed by atoms with Gasteiger partial charge in [0.25, 0.3) is 11.1 Å². The third-order valence-electron chi connectivity index (χ3n) is 6.42. The minimum Gasteiger partial charge on any atom is -0.356 e. The minimum atomic E-state index is -0.217. The van der Waals surface area contributed by atoms with Crippen molar-refractivity contribution < 1.29 is 4.79 Å². The van der Waals surface area contributed by atoms with Gasteiger partial charge in [-0.2, -0.15) is 0 Å². The molecule has 0 fully saturated rings. The zero-order valence-corrected chi connectivity index (χ0v) is 24.1. The summed E-state index contributed by atoms with van der Waals surface area (Å²) in [7, 11) is 0. The second-order valence-electron chi connectivity index (χ2n) is 9.33. The molecule has 0 saturated heterocycles. The van der Waals surface area contributed by atoms with Crippen LogP contribution in [0.1, 0.15) is 36.9 Å². The quantitative estimate of drug-likeness (QED) is 0.119. The Morgan fingerprint density at radius 1 is 1.02 bits per heavy atom. The zero-order valence-electron chi connectivity index (χ0n) is 21.7. The zero-order chi connectivity index (χ0) is 27.9. The van der Waals surface area contributed by atoms with Crippen LogP contribution in [0.4, 0.5) is 0 Å². The maximum atomic E-state index is 13.3. The van der Waals surface area contributed by atoms with Crippen LogP contribution in [0.2, 0.25) is 5.02 Å². The number of aromatic nitrogens is 4. The minimum absolute atomic E-state index is 0.0482. The number of carbonyl (C=O) groups excluding carboxylic acids is 1. The smallest absolute Gasteiger partial charge is 0.272 e. The molecule has 1 aromatic carbocycles. The van der Waals surface area contributed by atoms with Crippen LogP contribution in [0, 0.1) is 0 Å². The fraction of sp³-hybridized carbons (Fsp3) is 0.276. The molecule has 5 rings (SSSR count). The summed E-state index contributed by atoms with van der Waals surface area (Å²) in [4.78, 5) is 47.3. The number of rotatable bonds is 12. The third kappa shape index (κ3) is 6.99. The lowest BCUT2D eigenvalue weighted by molar-refractivity contribution is -0.121. The Hall–Kier alpha value is -3.47. The van der Waals surface area contributed by atoms with Gasteiger partial charge in [0.15, 0.2) is 5.16 Å². The maximum absolute atomic E-state index is 13.3. The van der Waals surface area contributed by atoms with Crippen LogP contribution in [0.25, 0.3) is 15.9 Å². The normalized spacial score (nSPS) is 11.3. The molecule has 0 aliphatic carbocycles. The molecule has 5 aromatic rings. The summed E-state index contributed by atoms with van der Waals surface area (Å²) in [6, 6.07) is 16.8. The summed E-state index contributed by atoms with van der Waals surface area (Å²) in [5.74, 6) is 0.437. The van der Waals surface area contributed by atoms with Crippen LogP contribution in [0.15, 0.2) is 80.9 Å². The van der Waals surface area contributed by atoms with Crippen LogP contribution in [0.3, 0.4) is 0 Å². The van der Waals surface area contributed by atoms with Crippen molar-refractivity contribution in [2.75, 3.05) is 6.54 Å². The van der Waals surface area contributed by atoms with E-state index in [9.17, 15) is 14.4 Å². The van der Waals surface area contributed by atoms with E-state index in [1.165, 1.54) is 39.1 Å². The number of pyridine rings is 1. The summed E-state index contributed by atoms with van der Waals surface area (Å²) in [6.45, 7) is 1.13. The Labute approximate surface area is 244 Å². The first-order valence-electron chi connectivity index (χ1n) is 13.1. The summed E-state index contributed by atoms with van der Waals surface area (Å²) in [5.41, 5.74) is 2.69. The van der Waals surface area contributed by atoms with Gasteiger partial charge < -0.3 is 5.32 Å². The van der Waals surface area contributed by atoms with Crippen molar-refractivity contribution in [3.63, 3.8) is 0 Å². The van der Waals surface area contributed by atoms with Crippen molar-refractivity contribution >= 4 is 56.5 Å². The molecule has 8 nitrogen and oxygen atoms in total. The predicted octanol–water partition coefficient (Wildman–Crippen LogP) is 5.33. The summed E-state index contributed by atoms with van der Waals surface area (Å²) < 4.78 is 3.74. The third-order valence-corrected chi connectivity index (χ3v) is 8.55. The highest BCUT2D eigenvalue weighted by Crippen LogP contribution is 2.24. The van der Waals surface area contributed by atoms with Crippen molar-refractivity contribution in [1.82, 2.24) is 24.3 Å². The molecule has 1 N–H and O–H groups in total. The highest BCUT2D eigenvalue weighted by atomic mass is 35.5. The van der Waals surface area contributed by atoms with Crippen molar-refractivity contribution in [3.05, 3.63) is 103 Å². The average Bonchev–Trinajstić information content (AvgIpc) is 3.43. The number of benzene rings is 1. The average molecular weight is 594 g/mol. The molecule has 4 aromatic heterocycles. The summed E-state index contributed by atoms with van der Waals surface area (Å²) >= 11 is 8.78. The molecule has 0 aliphatic heterocycles. The van der Waals surface area contributed by atoms with E-state index in [4.69, 9.17) is 16.6 Å². The fourth-order valence-electron chi connectivity index (χ4n) is 4.38. The molecule has 0 bridgehead atoms.